The van der Waals surface area contributed by atoms with Gasteiger partial charge in [-0.3, -0.25) is 4.40 Å². The lowest BCUT2D eigenvalue weighted by molar-refractivity contribution is 0.0105. The summed E-state index contributed by atoms with van der Waals surface area (Å²) < 4.78 is 7.34. The van der Waals surface area contributed by atoms with Crippen LogP contribution in [0.1, 0.15) is 31.1 Å². The van der Waals surface area contributed by atoms with Gasteiger partial charge >= 0.3 is 0 Å². The quantitative estimate of drug-likeness (QED) is 0.825. The topological polar surface area (TPSA) is 52.3 Å². The van der Waals surface area contributed by atoms with Gasteiger partial charge in [-0.15, -0.1) is 10.2 Å². The highest BCUT2D eigenvalue weighted by atomic mass is 35.5. The Morgan fingerprint density at radius 3 is 2.47 bits per heavy atom. The molecule has 0 atom stereocenters. The van der Waals surface area contributed by atoms with E-state index in [1.807, 2.05) is 32.1 Å². The molecule has 0 amide bonds. The molecule has 2 aromatic heterocycles. The van der Waals surface area contributed by atoms with Crippen LogP contribution in [0, 0.1) is 13.8 Å². The summed E-state index contributed by atoms with van der Waals surface area (Å²) in [5.41, 5.74) is 1.86. The lowest BCUT2D eigenvalue weighted by atomic mass is 10.1. The number of fused-ring (bicyclic) bond motifs is 1. The van der Waals surface area contributed by atoms with Crippen molar-refractivity contribution in [1.29, 1.82) is 0 Å². The number of rotatable bonds is 2. The van der Waals surface area contributed by atoms with Crippen LogP contribution in [0.3, 0.4) is 0 Å². The van der Waals surface area contributed by atoms with Gasteiger partial charge in [-0.2, -0.15) is 0 Å². The summed E-state index contributed by atoms with van der Waals surface area (Å²) >= 11 is 6.07. The van der Waals surface area contributed by atoms with Crippen LogP contribution in [0.5, 0.6) is 0 Å². The Hall–Kier alpha value is -1.20. The summed E-state index contributed by atoms with van der Waals surface area (Å²) in [6.45, 7) is 7.74. The molecule has 2 heterocycles. The molecular formula is C11H15ClN4O. The van der Waals surface area contributed by atoms with Gasteiger partial charge in [0.2, 0.25) is 0 Å². The standard InChI is InChI=1S/C11H15ClN4O/c1-6-7(2)16-9(8(12)13-6)14-15-10(16)11(3,4)17-5/h1-5H3. The van der Waals surface area contributed by atoms with Gasteiger partial charge in [-0.05, 0) is 27.7 Å². The van der Waals surface area contributed by atoms with E-state index in [-0.39, 0.29) is 0 Å². The Morgan fingerprint density at radius 1 is 1.24 bits per heavy atom. The van der Waals surface area contributed by atoms with Crippen LogP contribution < -0.4 is 0 Å². The van der Waals surface area contributed by atoms with Crippen molar-refractivity contribution in [3.05, 3.63) is 22.4 Å². The number of aryl methyl sites for hydroxylation is 2. The predicted molar refractivity (Wildman–Crippen MR) is 65.3 cm³/mol. The molecule has 0 N–H and O–H groups in total. The highest BCUT2D eigenvalue weighted by Gasteiger charge is 2.28. The number of aromatic nitrogens is 4. The fraction of sp³-hybridized carbons (Fsp3) is 0.545. The minimum absolute atomic E-state index is 0.360. The summed E-state index contributed by atoms with van der Waals surface area (Å²) in [6, 6.07) is 0. The molecule has 0 fully saturated rings. The van der Waals surface area contributed by atoms with Crippen molar-refractivity contribution >= 4 is 17.2 Å². The van der Waals surface area contributed by atoms with Crippen LogP contribution in [-0.2, 0) is 10.3 Å². The molecule has 0 aromatic carbocycles. The third-order valence-corrected chi connectivity index (χ3v) is 3.27. The van der Waals surface area contributed by atoms with E-state index in [9.17, 15) is 0 Å². The van der Waals surface area contributed by atoms with Crippen LogP contribution >= 0.6 is 11.6 Å². The van der Waals surface area contributed by atoms with Crippen molar-refractivity contribution in [1.82, 2.24) is 19.6 Å². The maximum absolute atomic E-state index is 6.07. The number of nitrogens with zero attached hydrogens (tertiary/aromatic N) is 4. The first-order valence-corrected chi connectivity index (χ1v) is 5.69. The Morgan fingerprint density at radius 2 is 1.88 bits per heavy atom. The lowest BCUT2D eigenvalue weighted by Gasteiger charge is -2.21. The van der Waals surface area contributed by atoms with Gasteiger partial charge in [0.05, 0.1) is 5.69 Å². The van der Waals surface area contributed by atoms with E-state index in [2.05, 4.69) is 15.2 Å². The van der Waals surface area contributed by atoms with Gasteiger partial charge in [0.1, 0.15) is 5.60 Å². The normalized spacial score (nSPS) is 12.4. The Bertz CT molecular complexity index is 576. The second-order valence-electron chi connectivity index (χ2n) is 4.47. The van der Waals surface area contributed by atoms with Crippen LogP contribution in [0.2, 0.25) is 5.15 Å². The van der Waals surface area contributed by atoms with Crippen LogP contribution in [0.15, 0.2) is 0 Å². The predicted octanol–water partition coefficient (Wildman–Crippen LogP) is 2.28. The molecule has 0 saturated carbocycles. The first-order chi connectivity index (χ1) is 7.88. The maximum atomic E-state index is 6.07. The molecule has 2 rings (SSSR count). The van der Waals surface area contributed by atoms with Crippen molar-refractivity contribution in [2.45, 2.75) is 33.3 Å². The molecule has 0 aliphatic rings. The van der Waals surface area contributed by atoms with Crippen molar-refractivity contribution < 1.29 is 4.74 Å². The van der Waals surface area contributed by atoms with E-state index in [1.54, 1.807) is 7.11 Å². The number of ether oxygens (including phenoxy) is 1. The molecule has 0 aliphatic heterocycles. The van der Waals surface area contributed by atoms with Crippen LogP contribution in [0.4, 0.5) is 0 Å². The molecule has 2 aromatic rings. The average molecular weight is 255 g/mol. The van der Waals surface area contributed by atoms with Gasteiger partial charge in [-0.25, -0.2) is 4.98 Å². The van der Waals surface area contributed by atoms with Crippen LogP contribution in [0.25, 0.3) is 5.65 Å². The first-order valence-electron chi connectivity index (χ1n) is 5.32. The average Bonchev–Trinajstić information content (AvgIpc) is 2.71. The zero-order valence-electron chi connectivity index (χ0n) is 10.6. The Balaban J connectivity index is 2.85. The maximum Gasteiger partial charge on any atom is 0.198 e. The third kappa shape index (κ3) is 1.79. The van der Waals surface area contributed by atoms with Gasteiger partial charge < -0.3 is 4.74 Å². The van der Waals surface area contributed by atoms with Gasteiger partial charge in [-0.1, -0.05) is 11.6 Å². The van der Waals surface area contributed by atoms with Crippen LogP contribution in [-0.4, -0.2) is 26.7 Å². The molecule has 92 valence electrons. The van der Waals surface area contributed by atoms with E-state index in [1.165, 1.54) is 0 Å². The fourth-order valence-electron chi connectivity index (χ4n) is 1.66. The second-order valence-corrected chi connectivity index (χ2v) is 4.83. The molecule has 0 saturated heterocycles. The highest BCUT2D eigenvalue weighted by Crippen LogP contribution is 2.26. The van der Waals surface area contributed by atoms with Gasteiger partial charge in [0, 0.05) is 12.8 Å². The molecule has 0 spiro atoms. The Kier molecular flexibility index (Phi) is 2.83. The fourth-order valence-corrected chi connectivity index (χ4v) is 1.91. The summed E-state index contributed by atoms with van der Waals surface area (Å²) in [4.78, 5) is 4.22. The summed E-state index contributed by atoms with van der Waals surface area (Å²) in [5, 5.41) is 8.60. The molecule has 17 heavy (non-hydrogen) atoms. The van der Waals surface area contributed by atoms with Gasteiger partial charge in [0.15, 0.2) is 16.6 Å². The minimum Gasteiger partial charge on any atom is -0.371 e. The molecule has 0 aliphatic carbocycles. The summed E-state index contributed by atoms with van der Waals surface area (Å²) in [5.74, 6) is 0.722. The van der Waals surface area contributed by atoms with Gasteiger partial charge in [0.25, 0.3) is 0 Å². The summed E-state index contributed by atoms with van der Waals surface area (Å²) in [7, 11) is 1.64. The molecule has 0 radical (unpaired) electrons. The van der Waals surface area contributed by atoms with Crippen molar-refractivity contribution in [2.75, 3.05) is 7.11 Å². The smallest absolute Gasteiger partial charge is 0.198 e. The zero-order chi connectivity index (χ0) is 12.8. The number of hydrogen-bond acceptors (Lipinski definition) is 4. The highest BCUT2D eigenvalue weighted by molar-refractivity contribution is 6.32. The van der Waals surface area contributed by atoms with E-state index in [0.717, 1.165) is 17.2 Å². The summed E-state index contributed by atoms with van der Waals surface area (Å²) in [6.07, 6.45) is 0. The molecule has 6 heteroatoms. The van der Waals surface area contributed by atoms with E-state index < -0.39 is 5.60 Å². The monoisotopic (exact) mass is 254 g/mol. The second kappa shape index (κ2) is 3.92. The number of methoxy groups -OCH3 is 1. The minimum atomic E-state index is -0.526. The zero-order valence-corrected chi connectivity index (χ0v) is 11.3. The lowest BCUT2D eigenvalue weighted by Crippen LogP contribution is -2.24. The number of halogens is 1. The molecule has 0 unspecified atom stereocenters. The van der Waals surface area contributed by atoms with Crippen molar-refractivity contribution in [3.8, 4) is 0 Å². The van der Waals surface area contributed by atoms with Crippen molar-refractivity contribution in [3.63, 3.8) is 0 Å². The third-order valence-electron chi connectivity index (χ3n) is 3.02. The molecule has 0 bridgehead atoms. The van der Waals surface area contributed by atoms with E-state index in [0.29, 0.717) is 10.8 Å². The molecule has 5 nitrogen and oxygen atoms in total. The van der Waals surface area contributed by atoms with Crippen molar-refractivity contribution in [2.24, 2.45) is 0 Å². The number of hydrogen-bond donors (Lipinski definition) is 0. The van der Waals surface area contributed by atoms with E-state index >= 15 is 0 Å². The van der Waals surface area contributed by atoms with E-state index in [4.69, 9.17) is 16.3 Å². The first kappa shape index (κ1) is 12.3. The SMILES string of the molecule is COC(C)(C)c1nnc2c(Cl)nc(C)c(C)n12. The largest absolute Gasteiger partial charge is 0.371 e. The molecular weight excluding hydrogens is 240 g/mol. The Labute approximate surface area is 105 Å².